The van der Waals surface area contributed by atoms with Crippen LogP contribution in [-0.4, -0.2) is 95.5 Å². The number of nitrogens with zero attached hydrogens (tertiary/aromatic N) is 3. The van der Waals surface area contributed by atoms with E-state index in [1.54, 1.807) is 24.0 Å². The minimum atomic E-state index is -5.06. The maximum atomic E-state index is 14.5. The van der Waals surface area contributed by atoms with Gasteiger partial charge in [0.05, 0.1) is 5.54 Å². The van der Waals surface area contributed by atoms with Crippen molar-refractivity contribution in [2.24, 2.45) is 5.73 Å². The van der Waals surface area contributed by atoms with Crippen LogP contribution in [0.15, 0.2) is 48.5 Å². The number of halogens is 5. The molecule has 0 saturated carbocycles. The van der Waals surface area contributed by atoms with Crippen molar-refractivity contribution < 1.29 is 36.3 Å². The molecule has 0 aliphatic carbocycles. The molecule has 43 heavy (non-hydrogen) atoms. The van der Waals surface area contributed by atoms with Crippen LogP contribution in [0.1, 0.15) is 31.9 Å². The highest BCUT2D eigenvalue weighted by atomic mass is 19.4. The van der Waals surface area contributed by atoms with E-state index in [1.165, 1.54) is 50.2 Å². The monoisotopic (exact) mass is 611 g/mol. The Kier molecular flexibility index (Phi) is 10.9. The second kappa shape index (κ2) is 13.8. The van der Waals surface area contributed by atoms with E-state index in [-0.39, 0.29) is 44.6 Å². The van der Waals surface area contributed by atoms with Gasteiger partial charge in [-0.1, -0.05) is 30.3 Å². The molecule has 3 rings (SSSR count). The first-order valence-corrected chi connectivity index (χ1v) is 13.9. The van der Waals surface area contributed by atoms with Crippen molar-refractivity contribution in [1.29, 1.82) is 0 Å². The number of piperazine rings is 1. The van der Waals surface area contributed by atoms with Crippen molar-refractivity contribution in [3.63, 3.8) is 0 Å². The van der Waals surface area contributed by atoms with Crippen molar-refractivity contribution in [3.05, 3.63) is 71.3 Å². The second-order valence-electron chi connectivity index (χ2n) is 11.6. The van der Waals surface area contributed by atoms with Crippen molar-refractivity contribution in [2.75, 3.05) is 33.2 Å². The van der Waals surface area contributed by atoms with Crippen LogP contribution in [0.25, 0.3) is 0 Å². The van der Waals surface area contributed by atoms with Gasteiger partial charge in [-0.05, 0) is 56.5 Å². The number of nitrogens with two attached hydrogens (primary N) is 1. The molecule has 1 aliphatic heterocycles. The molecule has 0 spiro atoms. The van der Waals surface area contributed by atoms with Gasteiger partial charge in [0.25, 0.3) is 0 Å². The third-order valence-electron chi connectivity index (χ3n) is 7.49. The summed E-state index contributed by atoms with van der Waals surface area (Å²) in [5.41, 5.74) is 5.57. The van der Waals surface area contributed by atoms with E-state index in [4.69, 9.17) is 5.73 Å². The molecule has 3 amide bonds. The molecule has 1 saturated heterocycles. The van der Waals surface area contributed by atoms with Gasteiger partial charge in [0.2, 0.25) is 11.8 Å². The lowest BCUT2D eigenvalue weighted by molar-refractivity contribution is -0.184. The Morgan fingerprint density at radius 2 is 1.65 bits per heavy atom. The molecular formula is C30H38F5N5O3. The van der Waals surface area contributed by atoms with Gasteiger partial charge in [-0.2, -0.15) is 13.2 Å². The fourth-order valence-corrected chi connectivity index (χ4v) is 5.09. The summed E-state index contributed by atoms with van der Waals surface area (Å²) in [6, 6.07) is 9.32. The van der Waals surface area contributed by atoms with Crippen LogP contribution in [0.5, 0.6) is 0 Å². The van der Waals surface area contributed by atoms with Crippen molar-refractivity contribution in [2.45, 2.75) is 63.5 Å². The first kappa shape index (κ1) is 33.9. The minimum Gasteiger partial charge on any atom is -0.342 e. The summed E-state index contributed by atoms with van der Waals surface area (Å²) in [4.78, 5) is 42.4. The van der Waals surface area contributed by atoms with Crippen LogP contribution < -0.4 is 11.1 Å². The number of carbonyl (C=O) groups is 3. The minimum absolute atomic E-state index is 0.0393. The molecule has 3 atom stereocenters. The number of alkyl halides is 3. The fourth-order valence-electron chi connectivity index (χ4n) is 5.09. The van der Waals surface area contributed by atoms with Crippen LogP contribution in [0.4, 0.5) is 22.0 Å². The van der Waals surface area contributed by atoms with Gasteiger partial charge >= 0.3 is 12.1 Å². The molecule has 13 heteroatoms. The number of rotatable bonds is 10. The van der Waals surface area contributed by atoms with Gasteiger partial charge in [-0.15, -0.1) is 0 Å². The quantitative estimate of drug-likeness (QED) is 0.403. The van der Waals surface area contributed by atoms with Crippen LogP contribution in [-0.2, 0) is 27.2 Å². The molecule has 0 bridgehead atoms. The summed E-state index contributed by atoms with van der Waals surface area (Å²) in [7, 11) is 1.05. The maximum absolute atomic E-state index is 14.5. The van der Waals surface area contributed by atoms with E-state index in [0.717, 1.165) is 7.05 Å². The van der Waals surface area contributed by atoms with Crippen LogP contribution in [0.2, 0.25) is 0 Å². The Balaban J connectivity index is 1.81. The van der Waals surface area contributed by atoms with E-state index in [9.17, 15) is 36.3 Å². The molecule has 0 radical (unpaired) electrons. The highest BCUT2D eigenvalue weighted by Crippen LogP contribution is 2.22. The standard InChI is InChI=1S/C30H38F5N5O3/c1-19-17-39(23(16-21-7-5-6-8-24(21)32)18-38(4)28(43)30(33,34)35)13-14-40(19)26(41)25(37-27(42)29(2,3)36)15-20-9-11-22(31)12-10-20/h5-12,19,23,25H,13-18,36H2,1-4H3,(H,37,42). The SMILES string of the molecule is CC1CN(C(Cc2ccccc2F)CN(C)C(=O)C(F)(F)F)CCN1C(=O)C(Cc1ccc(F)cc1)NC(=O)C(C)(C)N. The van der Waals surface area contributed by atoms with E-state index in [0.29, 0.717) is 10.5 Å². The Bertz CT molecular complexity index is 1280. The Morgan fingerprint density at radius 3 is 2.21 bits per heavy atom. The molecule has 2 aromatic carbocycles. The number of likely N-dealkylation sites (N-methyl/N-ethyl adjacent to an activating group) is 1. The number of nitrogens with one attached hydrogen (secondary N) is 1. The molecular weight excluding hydrogens is 573 g/mol. The van der Waals surface area contributed by atoms with Crippen molar-refractivity contribution in [3.8, 4) is 0 Å². The normalized spacial score (nSPS) is 17.7. The summed E-state index contributed by atoms with van der Waals surface area (Å²) in [5, 5.41) is 2.71. The first-order chi connectivity index (χ1) is 20.0. The van der Waals surface area contributed by atoms with Crippen LogP contribution in [0.3, 0.4) is 0 Å². The molecule has 8 nitrogen and oxygen atoms in total. The molecule has 3 unspecified atom stereocenters. The summed E-state index contributed by atoms with van der Waals surface area (Å²) < 4.78 is 67.4. The maximum Gasteiger partial charge on any atom is 0.471 e. The Labute approximate surface area is 248 Å². The van der Waals surface area contributed by atoms with Crippen molar-refractivity contribution in [1.82, 2.24) is 20.0 Å². The molecule has 1 heterocycles. The molecule has 1 fully saturated rings. The number of benzene rings is 2. The zero-order valence-electron chi connectivity index (χ0n) is 24.6. The lowest BCUT2D eigenvalue weighted by Gasteiger charge is -2.45. The number of amides is 3. The lowest BCUT2D eigenvalue weighted by Crippen LogP contribution is -2.63. The molecule has 0 aromatic heterocycles. The first-order valence-electron chi connectivity index (χ1n) is 13.9. The highest BCUT2D eigenvalue weighted by molar-refractivity contribution is 5.91. The third-order valence-corrected chi connectivity index (χ3v) is 7.49. The molecule has 1 aliphatic rings. The van der Waals surface area contributed by atoms with Crippen molar-refractivity contribution >= 4 is 17.7 Å². The number of hydrogen-bond acceptors (Lipinski definition) is 5. The predicted molar refractivity (Wildman–Crippen MR) is 151 cm³/mol. The van der Waals surface area contributed by atoms with E-state index < -0.39 is 59.2 Å². The predicted octanol–water partition coefficient (Wildman–Crippen LogP) is 2.89. The zero-order chi connectivity index (χ0) is 32.1. The third kappa shape index (κ3) is 9.20. The highest BCUT2D eigenvalue weighted by Gasteiger charge is 2.43. The lowest BCUT2D eigenvalue weighted by atomic mass is 9.99. The van der Waals surface area contributed by atoms with Crippen LogP contribution >= 0.6 is 0 Å². The van der Waals surface area contributed by atoms with Gasteiger partial charge in [-0.3, -0.25) is 19.3 Å². The second-order valence-corrected chi connectivity index (χ2v) is 11.6. The smallest absolute Gasteiger partial charge is 0.342 e. The number of hydrogen-bond donors (Lipinski definition) is 2. The average Bonchev–Trinajstić information content (AvgIpc) is 2.92. The van der Waals surface area contributed by atoms with Crippen LogP contribution in [0, 0.1) is 11.6 Å². The van der Waals surface area contributed by atoms with E-state index >= 15 is 0 Å². The molecule has 236 valence electrons. The largest absolute Gasteiger partial charge is 0.471 e. The fraction of sp³-hybridized carbons (Fsp3) is 0.500. The molecule has 2 aromatic rings. The van der Waals surface area contributed by atoms with Gasteiger partial charge in [0.1, 0.15) is 17.7 Å². The topological polar surface area (TPSA) is 99.0 Å². The van der Waals surface area contributed by atoms with E-state index in [1.807, 2.05) is 4.90 Å². The summed E-state index contributed by atoms with van der Waals surface area (Å²) in [6.07, 6.45) is -4.94. The molecule has 3 N–H and O–H groups in total. The summed E-state index contributed by atoms with van der Waals surface area (Å²) in [6.45, 7) is 5.05. The summed E-state index contributed by atoms with van der Waals surface area (Å²) >= 11 is 0. The Hall–Kier alpha value is -3.58. The Morgan fingerprint density at radius 1 is 1.02 bits per heavy atom. The summed E-state index contributed by atoms with van der Waals surface area (Å²) in [5.74, 6) is -3.92. The van der Waals surface area contributed by atoms with Gasteiger partial charge in [0, 0.05) is 51.7 Å². The zero-order valence-corrected chi connectivity index (χ0v) is 24.6. The van der Waals surface area contributed by atoms with Gasteiger partial charge < -0.3 is 20.9 Å². The van der Waals surface area contributed by atoms with E-state index in [2.05, 4.69) is 5.32 Å². The van der Waals surface area contributed by atoms with Gasteiger partial charge in [0.15, 0.2) is 0 Å². The average molecular weight is 612 g/mol. The van der Waals surface area contributed by atoms with Gasteiger partial charge in [-0.25, -0.2) is 8.78 Å². The number of carbonyl (C=O) groups excluding carboxylic acids is 3.